The zero-order chi connectivity index (χ0) is 10.1. The molecule has 1 aliphatic carbocycles. The van der Waals surface area contributed by atoms with Gasteiger partial charge < -0.3 is 10.1 Å². The molecule has 1 N–H and O–H groups in total. The van der Waals surface area contributed by atoms with Crippen molar-refractivity contribution < 1.29 is 4.74 Å². The van der Waals surface area contributed by atoms with E-state index >= 15 is 0 Å². The van der Waals surface area contributed by atoms with Crippen molar-refractivity contribution in [1.82, 2.24) is 5.32 Å². The minimum Gasteiger partial charge on any atom is -0.381 e. The van der Waals surface area contributed by atoms with Crippen molar-refractivity contribution in [3.63, 3.8) is 0 Å². The van der Waals surface area contributed by atoms with Crippen LogP contribution in [-0.2, 0) is 4.74 Å². The van der Waals surface area contributed by atoms with Crippen LogP contribution in [0.4, 0.5) is 0 Å². The molecule has 2 heterocycles. The Morgan fingerprint density at radius 2 is 1.80 bits per heavy atom. The third kappa shape index (κ3) is 1.62. The molecule has 2 saturated heterocycles. The predicted octanol–water partition coefficient (Wildman–Crippen LogP) is 2.34. The molecule has 0 bridgehead atoms. The van der Waals surface area contributed by atoms with Crippen LogP contribution in [0.2, 0.25) is 0 Å². The smallest absolute Gasteiger partial charge is 0.0468 e. The Hall–Kier alpha value is -0.0800. The first kappa shape index (κ1) is 10.1. The first-order valence-electron chi connectivity index (χ1n) is 6.73. The fourth-order valence-electron chi connectivity index (χ4n) is 4.07. The van der Waals surface area contributed by atoms with Crippen molar-refractivity contribution in [2.45, 2.75) is 51.0 Å². The Labute approximate surface area is 92.8 Å². The lowest BCUT2D eigenvalue weighted by atomic mass is 9.55. The van der Waals surface area contributed by atoms with Crippen LogP contribution in [0, 0.1) is 11.3 Å². The molecule has 1 saturated carbocycles. The van der Waals surface area contributed by atoms with Crippen molar-refractivity contribution in [1.29, 1.82) is 0 Å². The highest BCUT2D eigenvalue weighted by molar-refractivity contribution is 5.03. The summed E-state index contributed by atoms with van der Waals surface area (Å²) in [4.78, 5) is 0. The van der Waals surface area contributed by atoms with Gasteiger partial charge in [-0.1, -0.05) is 6.42 Å². The fourth-order valence-corrected chi connectivity index (χ4v) is 4.07. The van der Waals surface area contributed by atoms with Crippen LogP contribution in [0.15, 0.2) is 0 Å². The van der Waals surface area contributed by atoms with E-state index in [1.807, 2.05) is 0 Å². The van der Waals surface area contributed by atoms with Gasteiger partial charge >= 0.3 is 0 Å². The Balaban J connectivity index is 1.72. The summed E-state index contributed by atoms with van der Waals surface area (Å²) in [5, 5.41) is 3.76. The second-order valence-electron chi connectivity index (χ2n) is 5.62. The highest BCUT2D eigenvalue weighted by Gasteiger charge is 2.50. The maximum Gasteiger partial charge on any atom is 0.0468 e. The summed E-state index contributed by atoms with van der Waals surface area (Å²) in [5.74, 6) is 0.954. The topological polar surface area (TPSA) is 21.3 Å². The maximum atomic E-state index is 5.51. The Kier molecular flexibility index (Phi) is 2.73. The Morgan fingerprint density at radius 1 is 1.00 bits per heavy atom. The van der Waals surface area contributed by atoms with Crippen molar-refractivity contribution in [3.8, 4) is 0 Å². The van der Waals surface area contributed by atoms with Gasteiger partial charge in [0.05, 0.1) is 0 Å². The largest absolute Gasteiger partial charge is 0.381 e. The fraction of sp³-hybridized carbons (Fsp3) is 1.00. The second kappa shape index (κ2) is 4.06. The SMILES string of the molecule is C1CN[C@@H](C2(C3CCOCC3)CCC2)C1. The van der Waals surface area contributed by atoms with Crippen LogP contribution in [-0.4, -0.2) is 25.8 Å². The molecule has 3 fully saturated rings. The number of hydrogen-bond acceptors (Lipinski definition) is 2. The summed E-state index contributed by atoms with van der Waals surface area (Å²) in [6.07, 6.45) is 9.89. The molecule has 0 spiro atoms. The molecule has 0 aromatic carbocycles. The van der Waals surface area contributed by atoms with Crippen LogP contribution >= 0.6 is 0 Å². The van der Waals surface area contributed by atoms with E-state index < -0.39 is 0 Å². The molecule has 86 valence electrons. The third-order valence-electron chi connectivity index (χ3n) is 5.07. The number of nitrogens with one attached hydrogen (secondary N) is 1. The monoisotopic (exact) mass is 209 g/mol. The van der Waals surface area contributed by atoms with Gasteiger partial charge in [-0.15, -0.1) is 0 Å². The molecule has 0 aromatic rings. The van der Waals surface area contributed by atoms with Gasteiger partial charge in [0.25, 0.3) is 0 Å². The molecular formula is C13H23NO. The summed E-state index contributed by atoms with van der Waals surface area (Å²) in [5.41, 5.74) is 0.681. The molecule has 15 heavy (non-hydrogen) atoms. The van der Waals surface area contributed by atoms with E-state index in [1.165, 1.54) is 51.5 Å². The van der Waals surface area contributed by atoms with E-state index in [9.17, 15) is 0 Å². The average Bonchev–Trinajstić information content (AvgIpc) is 2.72. The molecule has 0 aromatic heterocycles. The average molecular weight is 209 g/mol. The second-order valence-corrected chi connectivity index (χ2v) is 5.62. The number of rotatable bonds is 2. The van der Waals surface area contributed by atoms with Gasteiger partial charge in [0.1, 0.15) is 0 Å². The first-order valence-corrected chi connectivity index (χ1v) is 6.73. The zero-order valence-electron chi connectivity index (χ0n) is 9.63. The van der Waals surface area contributed by atoms with Gasteiger partial charge in [-0.2, -0.15) is 0 Å². The van der Waals surface area contributed by atoms with Crippen molar-refractivity contribution >= 4 is 0 Å². The first-order chi connectivity index (χ1) is 7.42. The molecular weight excluding hydrogens is 186 g/mol. The van der Waals surface area contributed by atoms with Crippen molar-refractivity contribution in [2.75, 3.05) is 19.8 Å². The molecule has 2 nitrogen and oxygen atoms in total. The lowest BCUT2D eigenvalue weighted by molar-refractivity contribution is -0.0505. The zero-order valence-corrected chi connectivity index (χ0v) is 9.63. The lowest BCUT2D eigenvalue weighted by Gasteiger charge is -2.53. The summed E-state index contributed by atoms with van der Waals surface area (Å²) in [7, 11) is 0. The van der Waals surface area contributed by atoms with E-state index in [-0.39, 0.29) is 0 Å². The van der Waals surface area contributed by atoms with E-state index in [4.69, 9.17) is 4.74 Å². The highest BCUT2D eigenvalue weighted by atomic mass is 16.5. The maximum absolute atomic E-state index is 5.51. The standard InChI is InChI=1S/C13H23NO/c1-3-12(14-8-1)13(6-2-7-13)11-4-9-15-10-5-11/h11-12,14H,1-10H2/t12-/m1/s1. The molecule has 0 radical (unpaired) electrons. The van der Waals surface area contributed by atoms with E-state index in [1.54, 1.807) is 0 Å². The quantitative estimate of drug-likeness (QED) is 0.753. The van der Waals surface area contributed by atoms with Crippen LogP contribution in [0.3, 0.4) is 0 Å². The van der Waals surface area contributed by atoms with Gasteiger partial charge in [-0.25, -0.2) is 0 Å². The van der Waals surface area contributed by atoms with E-state index in [2.05, 4.69) is 5.32 Å². The molecule has 3 rings (SSSR count). The van der Waals surface area contributed by atoms with Gasteiger partial charge in [0.15, 0.2) is 0 Å². The summed E-state index contributed by atoms with van der Waals surface area (Å²) >= 11 is 0. The van der Waals surface area contributed by atoms with Gasteiger partial charge in [0.2, 0.25) is 0 Å². The summed E-state index contributed by atoms with van der Waals surface area (Å²) in [6, 6.07) is 0.842. The Bertz CT molecular complexity index is 213. The van der Waals surface area contributed by atoms with Gasteiger partial charge in [0, 0.05) is 19.3 Å². The molecule has 3 aliphatic rings. The third-order valence-corrected chi connectivity index (χ3v) is 5.07. The summed E-state index contributed by atoms with van der Waals surface area (Å²) in [6.45, 7) is 3.29. The van der Waals surface area contributed by atoms with E-state index in [0.29, 0.717) is 5.41 Å². The summed E-state index contributed by atoms with van der Waals surface area (Å²) < 4.78 is 5.51. The van der Waals surface area contributed by atoms with Crippen molar-refractivity contribution in [3.05, 3.63) is 0 Å². The minimum absolute atomic E-state index is 0.681. The van der Waals surface area contributed by atoms with Gasteiger partial charge in [-0.05, 0) is 56.4 Å². The Morgan fingerprint density at radius 3 is 2.33 bits per heavy atom. The number of hydrogen-bond donors (Lipinski definition) is 1. The van der Waals surface area contributed by atoms with Crippen LogP contribution < -0.4 is 5.32 Å². The normalized spacial score (nSPS) is 36.4. The molecule has 1 atom stereocenters. The van der Waals surface area contributed by atoms with Crippen LogP contribution in [0.1, 0.15) is 44.9 Å². The molecule has 0 amide bonds. The molecule has 2 heteroatoms. The number of ether oxygens (including phenoxy) is 1. The molecule has 0 unspecified atom stereocenters. The predicted molar refractivity (Wildman–Crippen MR) is 60.9 cm³/mol. The minimum atomic E-state index is 0.681. The van der Waals surface area contributed by atoms with Crippen LogP contribution in [0.5, 0.6) is 0 Å². The molecule has 2 aliphatic heterocycles. The van der Waals surface area contributed by atoms with E-state index in [0.717, 1.165) is 25.2 Å². The highest BCUT2D eigenvalue weighted by Crippen LogP contribution is 2.54. The lowest BCUT2D eigenvalue weighted by Crippen LogP contribution is -2.52. The van der Waals surface area contributed by atoms with Crippen LogP contribution in [0.25, 0.3) is 0 Å². The van der Waals surface area contributed by atoms with Gasteiger partial charge in [-0.3, -0.25) is 0 Å². The van der Waals surface area contributed by atoms with Crippen molar-refractivity contribution in [2.24, 2.45) is 11.3 Å².